The van der Waals surface area contributed by atoms with Crippen molar-refractivity contribution in [2.24, 2.45) is 0 Å². The van der Waals surface area contributed by atoms with Crippen molar-refractivity contribution in [2.45, 2.75) is 26.7 Å². The molecule has 2 rings (SSSR count). The van der Waals surface area contributed by atoms with E-state index in [2.05, 4.69) is 47.8 Å². The second kappa shape index (κ2) is 6.05. The number of thiophene rings is 1. The number of hydrogen-bond acceptors (Lipinski definition) is 2. The van der Waals surface area contributed by atoms with Crippen molar-refractivity contribution in [3.63, 3.8) is 0 Å². The summed E-state index contributed by atoms with van der Waals surface area (Å²) in [5.41, 5.74) is 3.96. The van der Waals surface area contributed by atoms with Gasteiger partial charge in [-0.05, 0) is 52.6 Å². The third kappa shape index (κ3) is 3.36. The van der Waals surface area contributed by atoms with Gasteiger partial charge in [0.2, 0.25) is 0 Å². The molecule has 0 saturated heterocycles. The van der Waals surface area contributed by atoms with Gasteiger partial charge in [-0.2, -0.15) is 0 Å². The summed E-state index contributed by atoms with van der Waals surface area (Å²) in [5, 5.41) is 4.95. The molecule has 1 aromatic heterocycles. The molecule has 1 aromatic carbocycles. The van der Waals surface area contributed by atoms with Gasteiger partial charge in [0, 0.05) is 11.1 Å². The summed E-state index contributed by atoms with van der Waals surface area (Å²) in [6, 6.07) is 8.05. The predicted molar refractivity (Wildman–Crippen MR) is 90.3 cm³/mol. The zero-order valence-corrected chi connectivity index (χ0v) is 14.1. The van der Waals surface area contributed by atoms with Gasteiger partial charge in [-0.15, -0.1) is 11.3 Å². The van der Waals surface area contributed by atoms with Gasteiger partial charge in [0.05, 0.1) is 8.45 Å². The fourth-order valence-electron chi connectivity index (χ4n) is 1.96. The minimum absolute atomic E-state index is 0.0321. The summed E-state index contributed by atoms with van der Waals surface area (Å²) >= 11 is 3.81. The number of amides is 1. The molecular weight excluding hydrogens is 369 g/mol. The van der Waals surface area contributed by atoms with E-state index in [9.17, 15) is 4.79 Å². The second-order valence-electron chi connectivity index (χ2n) is 4.79. The maximum atomic E-state index is 12.2. The van der Waals surface area contributed by atoms with Crippen LogP contribution in [0.4, 0.5) is 5.69 Å². The molecule has 2 aromatic rings. The normalized spacial score (nSPS) is 10.8. The Hall–Kier alpha value is -0.880. The highest BCUT2D eigenvalue weighted by molar-refractivity contribution is 14.1. The first kappa shape index (κ1) is 14.5. The first-order valence-corrected chi connectivity index (χ1v) is 8.09. The third-order valence-corrected chi connectivity index (χ3v) is 4.78. The highest BCUT2D eigenvalue weighted by Crippen LogP contribution is 2.28. The maximum absolute atomic E-state index is 12.2. The molecule has 2 nitrogen and oxygen atoms in total. The molecule has 0 unspecified atom stereocenters. The fraction of sp³-hybridized carbons (Fsp3) is 0.267. The molecular formula is C15H16INOS. The molecule has 100 valence electrons. The standard InChI is InChI=1S/C15H16INOS/c1-9(2)12-6-4-5-10(3)14(12)17-15(18)11-7-13(16)19-8-11/h4-9H,1-3H3,(H,17,18). The van der Waals surface area contributed by atoms with Crippen molar-refractivity contribution in [3.8, 4) is 0 Å². The Labute approximate surface area is 131 Å². The van der Waals surface area contributed by atoms with Crippen LogP contribution in [0, 0.1) is 9.81 Å². The van der Waals surface area contributed by atoms with Crippen molar-refractivity contribution in [2.75, 3.05) is 5.32 Å². The fourth-order valence-corrected chi connectivity index (χ4v) is 3.28. The highest BCUT2D eigenvalue weighted by atomic mass is 127. The van der Waals surface area contributed by atoms with E-state index < -0.39 is 0 Å². The molecule has 1 heterocycles. The Morgan fingerprint density at radius 2 is 2.11 bits per heavy atom. The van der Waals surface area contributed by atoms with E-state index in [1.807, 2.05) is 30.5 Å². The van der Waals surface area contributed by atoms with Crippen LogP contribution >= 0.6 is 33.9 Å². The minimum Gasteiger partial charge on any atom is -0.321 e. The number of hydrogen-bond donors (Lipinski definition) is 1. The van der Waals surface area contributed by atoms with E-state index in [1.54, 1.807) is 11.3 Å². The zero-order valence-electron chi connectivity index (χ0n) is 11.2. The largest absolute Gasteiger partial charge is 0.321 e. The summed E-state index contributed by atoms with van der Waals surface area (Å²) in [4.78, 5) is 12.2. The number of carbonyl (C=O) groups excluding carboxylic acids is 1. The molecule has 4 heteroatoms. The second-order valence-corrected chi connectivity index (χ2v) is 7.59. The van der Waals surface area contributed by atoms with Crippen molar-refractivity contribution in [1.82, 2.24) is 0 Å². The summed E-state index contributed by atoms with van der Waals surface area (Å²) in [6.45, 7) is 6.30. The van der Waals surface area contributed by atoms with Crippen LogP contribution < -0.4 is 5.32 Å². The SMILES string of the molecule is Cc1cccc(C(C)C)c1NC(=O)c1csc(I)c1. The average Bonchev–Trinajstić information content (AvgIpc) is 2.78. The Balaban J connectivity index is 2.31. The minimum atomic E-state index is -0.0321. The molecule has 0 spiro atoms. The Bertz CT molecular complexity index is 604. The van der Waals surface area contributed by atoms with Gasteiger partial charge in [0.25, 0.3) is 5.91 Å². The van der Waals surface area contributed by atoms with E-state index in [1.165, 1.54) is 5.56 Å². The van der Waals surface area contributed by atoms with E-state index in [0.717, 1.165) is 19.7 Å². The van der Waals surface area contributed by atoms with E-state index >= 15 is 0 Å². The number of benzene rings is 1. The summed E-state index contributed by atoms with van der Waals surface area (Å²) < 4.78 is 1.12. The Kier molecular flexibility index (Phi) is 4.62. The molecule has 0 bridgehead atoms. The summed E-state index contributed by atoms with van der Waals surface area (Å²) in [6.07, 6.45) is 0. The molecule has 0 saturated carbocycles. The zero-order chi connectivity index (χ0) is 14.0. The molecule has 0 aliphatic heterocycles. The molecule has 0 aliphatic carbocycles. The molecule has 1 N–H and O–H groups in total. The molecule has 1 amide bonds. The molecule has 0 atom stereocenters. The summed E-state index contributed by atoms with van der Waals surface area (Å²) in [7, 11) is 0. The van der Waals surface area contributed by atoms with E-state index in [-0.39, 0.29) is 5.91 Å². The van der Waals surface area contributed by atoms with Crippen LogP contribution in [0.5, 0.6) is 0 Å². The lowest BCUT2D eigenvalue weighted by Gasteiger charge is -2.16. The van der Waals surface area contributed by atoms with E-state index in [0.29, 0.717) is 5.92 Å². The van der Waals surface area contributed by atoms with Gasteiger partial charge in [0.1, 0.15) is 0 Å². The van der Waals surface area contributed by atoms with Crippen LogP contribution in [-0.2, 0) is 0 Å². The predicted octanol–water partition coefficient (Wildman–Crippen LogP) is 5.04. The lowest BCUT2D eigenvalue weighted by Crippen LogP contribution is -2.14. The number of anilines is 1. The van der Waals surface area contributed by atoms with Gasteiger partial charge >= 0.3 is 0 Å². The van der Waals surface area contributed by atoms with Crippen LogP contribution in [0.2, 0.25) is 0 Å². The smallest absolute Gasteiger partial charge is 0.256 e. The van der Waals surface area contributed by atoms with Gasteiger partial charge in [-0.1, -0.05) is 32.0 Å². The number of nitrogens with one attached hydrogen (secondary N) is 1. The number of aryl methyl sites for hydroxylation is 1. The maximum Gasteiger partial charge on any atom is 0.256 e. The first-order valence-electron chi connectivity index (χ1n) is 6.14. The number of halogens is 1. The van der Waals surface area contributed by atoms with Crippen LogP contribution in [0.3, 0.4) is 0 Å². The van der Waals surface area contributed by atoms with Gasteiger partial charge in [-0.25, -0.2) is 0 Å². The summed E-state index contributed by atoms with van der Waals surface area (Å²) in [5.74, 6) is 0.355. The van der Waals surface area contributed by atoms with Crippen molar-refractivity contribution in [1.29, 1.82) is 0 Å². The van der Waals surface area contributed by atoms with E-state index in [4.69, 9.17) is 0 Å². The van der Waals surface area contributed by atoms with Crippen LogP contribution in [-0.4, -0.2) is 5.91 Å². The third-order valence-electron chi connectivity index (χ3n) is 3.00. The quantitative estimate of drug-likeness (QED) is 0.738. The lowest BCUT2D eigenvalue weighted by atomic mass is 9.98. The average molecular weight is 385 g/mol. The van der Waals surface area contributed by atoms with Gasteiger partial charge in [0.15, 0.2) is 0 Å². The van der Waals surface area contributed by atoms with Crippen molar-refractivity contribution < 1.29 is 4.79 Å². The molecule has 0 aliphatic rings. The van der Waals surface area contributed by atoms with Crippen LogP contribution in [0.25, 0.3) is 0 Å². The first-order chi connectivity index (χ1) is 8.99. The van der Waals surface area contributed by atoms with Gasteiger partial charge < -0.3 is 5.32 Å². The van der Waals surface area contributed by atoms with Gasteiger partial charge in [-0.3, -0.25) is 4.79 Å². The number of carbonyl (C=O) groups is 1. The number of rotatable bonds is 3. The lowest BCUT2D eigenvalue weighted by molar-refractivity contribution is 0.102. The highest BCUT2D eigenvalue weighted by Gasteiger charge is 2.14. The van der Waals surface area contributed by atoms with Crippen molar-refractivity contribution >= 4 is 45.5 Å². The van der Waals surface area contributed by atoms with Crippen LogP contribution in [0.1, 0.15) is 41.3 Å². The number of para-hydroxylation sites is 1. The Morgan fingerprint density at radius 3 is 2.68 bits per heavy atom. The Morgan fingerprint density at radius 1 is 1.37 bits per heavy atom. The molecule has 0 radical (unpaired) electrons. The topological polar surface area (TPSA) is 29.1 Å². The van der Waals surface area contributed by atoms with Crippen LogP contribution in [0.15, 0.2) is 29.6 Å². The molecule has 0 fully saturated rings. The molecule has 19 heavy (non-hydrogen) atoms. The monoisotopic (exact) mass is 385 g/mol. The van der Waals surface area contributed by atoms with Crippen molar-refractivity contribution in [3.05, 3.63) is 49.2 Å².